The Morgan fingerprint density at radius 3 is 2.63 bits per heavy atom. The number of halogens is 1. The van der Waals surface area contributed by atoms with Crippen molar-refractivity contribution in [3.8, 4) is 0 Å². The number of rotatable bonds is 6. The lowest BCUT2D eigenvalue weighted by atomic mass is 9.99. The van der Waals surface area contributed by atoms with E-state index >= 15 is 0 Å². The van der Waals surface area contributed by atoms with Crippen molar-refractivity contribution in [1.82, 2.24) is 14.9 Å². The molecule has 1 rings (SSSR count). The molecule has 1 saturated heterocycles. The van der Waals surface area contributed by atoms with E-state index in [4.69, 9.17) is 0 Å². The maximum absolute atomic E-state index is 11.9. The molecule has 0 aromatic rings. The lowest BCUT2D eigenvalue weighted by Crippen LogP contribution is -2.47. The van der Waals surface area contributed by atoms with Crippen molar-refractivity contribution in [1.29, 1.82) is 0 Å². The van der Waals surface area contributed by atoms with Gasteiger partial charge in [0.05, 0.1) is 12.8 Å². The molecule has 1 aliphatic rings. The minimum Gasteiger partial charge on any atom is -0.339 e. The summed E-state index contributed by atoms with van der Waals surface area (Å²) in [6, 6.07) is 0.161. The molecule has 1 unspecified atom stereocenters. The second kappa shape index (κ2) is 8.73. The van der Waals surface area contributed by atoms with E-state index < -0.39 is 10.0 Å². The summed E-state index contributed by atoms with van der Waals surface area (Å²) in [5.41, 5.74) is 0. The van der Waals surface area contributed by atoms with E-state index in [1.165, 1.54) is 0 Å². The molecular weight excluding hydrogens is 290 g/mol. The van der Waals surface area contributed by atoms with Crippen LogP contribution < -0.4 is 10.0 Å². The van der Waals surface area contributed by atoms with E-state index in [1.807, 2.05) is 4.90 Å². The van der Waals surface area contributed by atoms with Crippen LogP contribution in [0.3, 0.4) is 0 Å². The molecule has 6 nitrogen and oxygen atoms in total. The standard InChI is InChI=1S/C11H23N3O3S.ClH/c1-12-9-11(15)14-8-4-3-5-10(14)6-7-13-18(2,16)17;/h10,12-13H,3-9H2,1-2H3;1H. The molecule has 1 fully saturated rings. The van der Waals surface area contributed by atoms with Gasteiger partial charge >= 0.3 is 0 Å². The van der Waals surface area contributed by atoms with Crippen LogP contribution in [0.5, 0.6) is 0 Å². The molecule has 19 heavy (non-hydrogen) atoms. The summed E-state index contributed by atoms with van der Waals surface area (Å²) < 4.78 is 24.5. The molecule has 0 bridgehead atoms. The van der Waals surface area contributed by atoms with Gasteiger partial charge in [0.1, 0.15) is 0 Å². The van der Waals surface area contributed by atoms with E-state index in [1.54, 1.807) is 7.05 Å². The number of likely N-dealkylation sites (tertiary alicyclic amines) is 1. The molecule has 0 radical (unpaired) electrons. The maximum atomic E-state index is 11.9. The third-order valence-corrected chi connectivity index (χ3v) is 3.85. The highest BCUT2D eigenvalue weighted by Crippen LogP contribution is 2.19. The third-order valence-electron chi connectivity index (χ3n) is 3.12. The van der Waals surface area contributed by atoms with Gasteiger partial charge in [0.15, 0.2) is 0 Å². The number of hydrogen-bond acceptors (Lipinski definition) is 4. The zero-order chi connectivity index (χ0) is 13.6. The Kier molecular flexibility index (Phi) is 8.56. The molecule has 1 atom stereocenters. The van der Waals surface area contributed by atoms with Crippen molar-refractivity contribution < 1.29 is 13.2 Å². The number of piperidine rings is 1. The van der Waals surface area contributed by atoms with E-state index in [9.17, 15) is 13.2 Å². The van der Waals surface area contributed by atoms with Crippen molar-refractivity contribution in [3.63, 3.8) is 0 Å². The number of amides is 1. The minimum atomic E-state index is -3.14. The highest BCUT2D eigenvalue weighted by molar-refractivity contribution is 7.88. The monoisotopic (exact) mass is 313 g/mol. The van der Waals surface area contributed by atoms with Crippen LogP contribution in [-0.4, -0.2) is 58.2 Å². The molecule has 1 heterocycles. The number of carbonyl (C=O) groups excluding carboxylic acids is 1. The van der Waals surface area contributed by atoms with Gasteiger partial charge in [-0.2, -0.15) is 0 Å². The predicted octanol–water partition coefficient (Wildman–Crippen LogP) is -0.0520. The van der Waals surface area contributed by atoms with E-state index in [-0.39, 0.29) is 24.4 Å². The van der Waals surface area contributed by atoms with Crippen LogP contribution >= 0.6 is 12.4 Å². The van der Waals surface area contributed by atoms with Crippen molar-refractivity contribution in [2.75, 3.05) is 32.9 Å². The Morgan fingerprint density at radius 1 is 1.37 bits per heavy atom. The number of hydrogen-bond donors (Lipinski definition) is 2. The molecule has 1 aliphatic heterocycles. The van der Waals surface area contributed by atoms with Gasteiger partial charge in [-0.25, -0.2) is 13.1 Å². The topological polar surface area (TPSA) is 78.5 Å². The van der Waals surface area contributed by atoms with Crippen LogP contribution in [0.15, 0.2) is 0 Å². The Bertz CT molecular complexity index is 375. The molecule has 0 aromatic heterocycles. The normalized spacial score (nSPS) is 19.9. The Morgan fingerprint density at radius 2 is 2.05 bits per heavy atom. The van der Waals surface area contributed by atoms with Gasteiger partial charge in [-0.15, -0.1) is 12.4 Å². The minimum absolute atomic E-state index is 0. The molecule has 0 spiro atoms. The number of likely N-dealkylation sites (N-methyl/N-ethyl adjacent to an activating group) is 1. The van der Waals surface area contributed by atoms with Crippen LogP contribution in [-0.2, 0) is 14.8 Å². The fourth-order valence-electron chi connectivity index (χ4n) is 2.29. The summed E-state index contributed by atoms with van der Waals surface area (Å²) in [7, 11) is -1.39. The molecule has 114 valence electrons. The highest BCUT2D eigenvalue weighted by Gasteiger charge is 2.25. The lowest BCUT2D eigenvalue weighted by molar-refractivity contribution is -0.133. The Labute approximate surface area is 121 Å². The van der Waals surface area contributed by atoms with Crippen LogP contribution in [0.1, 0.15) is 25.7 Å². The molecular formula is C11H24ClN3O3S. The van der Waals surface area contributed by atoms with Crippen LogP contribution in [0, 0.1) is 0 Å². The lowest BCUT2D eigenvalue weighted by Gasteiger charge is -2.36. The van der Waals surface area contributed by atoms with Gasteiger partial charge in [0.25, 0.3) is 0 Å². The predicted molar refractivity (Wildman–Crippen MR) is 78.0 cm³/mol. The second-order valence-corrected chi connectivity index (χ2v) is 6.56. The molecule has 2 N–H and O–H groups in total. The van der Waals surface area contributed by atoms with E-state index in [2.05, 4.69) is 10.0 Å². The molecule has 0 saturated carbocycles. The van der Waals surface area contributed by atoms with Crippen molar-refractivity contribution in [3.05, 3.63) is 0 Å². The van der Waals surface area contributed by atoms with Crippen molar-refractivity contribution >= 4 is 28.3 Å². The number of nitrogens with one attached hydrogen (secondary N) is 2. The van der Waals surface area contributed by atoms with Crippen LogP contribution in [0.4, 0.5) is 0 Å². The highest BCUT2D eigenvalue weighted by atomic mass is 35.5. The SMILES string of the molecule is CNCC(=O)N1CCCCC1CCNS(C)(=O)=O.Cl. The Balaban J connectivity index is 0.00000324. The fraction of sp³-hybridized carbons (Fsp3) is 0.909. The first-order valence-corrected chi connectivity index (χ1v) is 8.22. The second-order valence-electron chi connectivity index (χ2n) is 4.72. The smallest absolute Gasteiger partial charge is 0.236 e. The zero-order valence-corrected chi connectivity index (χ0v) is 13.1. The van der Waals surface area contributed by atoms with Gasteiger partial charge in [-0.1, -0.05) is 0 Å². The van der Waals surface area contributed by atoms with Gasteiger partial charge in [0.2, 0.25) is 15.9 Å². The van der Waals surface area contributed by atoms with E-state index in [0.717, 1.165) is 32.1 Å². The fourth-order valence-corrected chi connectivity index (χ4v) is 2.78. The van der Waals surface area contributed by atoms with Crippen LogP contribution in [0.2, 0.25) is 0 Å². The van der Waals surface area contributed by atoms with Gasteiger partial charge in [-0.05, 0) is 32.7 Å². The molecule has 8 heteroatoms. The molecule has 1 amide bonds. The first-order chi connectivity index (χ1) is 8.44. The van der Waals surface area contributed by atoms with Gasteiger partial charge < -0.3 is 10.2 Å². The summed E-state index contributed by atoms with van der Waals surface area (Å²) in [6.45, 7) is 1.52. The zero-order valence-electron chi connectivity index (χ0n) is 11.5. The first-order valence-electron chi connectivity index (χ1n) is 6.33. The third kappa shape index (κ3) is 7.10. The number of nitrogens with zero attached hydrogens (tertiary/aromatic N) is 1. The summed E-state index contributed by atoms with van der Waals surface area (Å²) in [6.07, 6.45) is 4.93. The number of sulfonamides is 1. The first kappa shape index (κ1) is 18.6. The largest absolute Gasteiger partial charge is 0.339 e. The molecule has 0 aliphatic carbocycles. The summed E-state index contributed by atoms with van der Waals surface area (Å²) in [5.74, 6) is 0.0987. The number of carbonyl (C=O) groups is 1. The summed E-state index contributed by atoms with van der Waals surface area (Å²) in [5, 5.41) is 2.86. The van der Waals surface area contributed by atoms with Crippen molar-refractivity contribution in [2.24, 2.45) is 0 Å². The summed E-state index contributed by atoms with van der Waals surface area (Å²) in [4.78, 5) is 13.8. The average molecular weight is 314 g/mol. The van der Waals surface area contributed by atoms with Gasteiger partial charge in [0, 0.05) is 19.1 Å². The summed E-state index contributed by atoms with van der Waals surface area (Å²) >= 11 is 0. The molecule has 0 aromatic carbocycles. The van der Waals surface area contributed by atoms with E-state index in [0.29, 0.717) is 19.5 Å². The van der Waals surface area contributed by atoms with Crippen LogP contribution in [0.25, 0.3) is 0 Å². The van der Waals surface area contributed by atoms with Gasteiger partial charge in [-0.3, -0.25) is 4.79 Å². The Hall–Kier alpha value is -0.370. The quantitative estimate of drug-likeness (QED) is 0.720. The van der Waals surface area contributed by atoms with Crippen molar-refractivity contribution in [2.45, 2.75) is 31.7 Å². The maximum Gasteiger partial charge on any atom is 0.236 e. The average Bonchev–Trinajstić information content (AvgIpc) is 2.28.